The molecular formula is C35H33FN6O4. The quantitative estimate of drug-likeness (QED) is 0.105. The number of aromatic nitrogens is 1. The van der Waals surface area contributed by atoms with Gasteiger partial charge in [-0.25, -0.2) is 14.9 Å². The van der Waals surface area contributed by atoms with Crippen molar-refractivity contribution < 1.29 is 24.2 Å². The molecule has 1 aliphatic rings. The molecule has 4 N–H and O–H groups in total. The van der Waals surface area contributed by atoms with Gasteiger partial charge in [0.05, 0.1) is 12.7 Å². The fraction of sp³-hybridized carbons (Fsp3) is 0.257. The molecule has 0 unspecified atom stereocenters. The highest BCUT2D eigenvalue weighted by molar-refractivity contribution is 5.93. The molecule has 5 rings (SSSR count). The summed E-state index contributed by atoms with van der Waals surface area (Å²) in [6.07, 6.45) is 5.08. The number of hydrogen-bond acceptors (Lipinski definition) is 9. The summed E-state index contributed by atoms with van der Waals surface area (Å²) in [5, 5.41) is 42.5. The minimum Gasteiger partial charge on any atom is -0.504 e. The van der Waals surface area contributed by atoms with Gasteiger partial charge in [-0.2, -0.15) is 10.5 Å². The topological polar surface area (TPSA) is 155 Å². The Morgan fingerprint density at radius 3 is 2.43 bits per heavy atom. The monoisotopic (exact) mass is 620 g/mol. The third-order valence-electron chi connectivity index (χ3n) is 8.23. The largest absolute Gasteiger partial charge is 0.504 e. The molecule has 1 aromatic heterocycles. The summed E-state index contributed by atoms with van der Waals surface area (Å²) in [6.45, 7) is 2.15. The van der Waals surface area contributed by atoms with E-state index < -0.39 is 11.7 Å². The lowest BCUT2D eigenvalue weighted by molar-refractivity contribution is 0.0706. The van der Waals surface area contributed by atoms with Gasteiger partial charge < -0.3 is 20.1 Å². The van der Waals surface area contributed by atoms with Crippen molar-refractivity contribution in [3.8, 4) is 45.9 Å². The highest BCUT2D eigenvalue weighted by Crippen LogP contribution is 2.41. The number of rotatable bonds is 10. The number of nitriles is 2. The predicted molar refractivity (Wildman–Crippen MR) is 170 cm³/mol. The number of nitrogens with zero attached hydrogens (tertiary/aromatic N) is 4. The molecule has 1 amide bonds. The zero-order valence-electron chi connectivity index (χ0n) is 25.3. The molecule has 0 aliphatic carbocycles. The van der Waals surface area contributed by atoms with Crippen molar-refractivity contribution in [1.82, 2.24) is 15.8 Å². The number of halogens is 1. The number of nitrogens with one attached hydrogen (secondary N) is 2. The number of phenolic OH excluding ortho intramolecular Hbond substituents is 1. The zero-order chi connectivity index (χ0) is 32.6. The number of amides is 1. The average molecular weight is 621 g/mol. The molecule has 4 aromatic rings. The molecule has 11 heteroatoms. The molecule has 10 nitrogen and oxygen atoms in total. The number of carbonyl (C=O) groups is 1. The van der Waals surface area contributed by atoms with Crippen molar-refractivity contribution in [2.75, 3.05) is 31.6 Å². The maximum absolute atomic E-state index is 14.8. The SMILES string of the molecule is COc1ccc(-c2cnc(N3CCC(NCCCc4ccc(C(=O)NO)cc4)CC3)c(C#N)c2-c2ccc(C#N)c(F)c2)cc1O. The first-order chi connectivity index (χ1) is 22.4. The van der Waals surface area contributed by atoms with Gasteiger partial charge in [0.25, 0.3) is 5.91 Å². The van der Waals surface area contributed by atoms with E-state index in [1.54, 1.807) is 42.0 Å². The number of piperidine rings is 1. The number of benzene rings is 3. The summed E-state index contributed by atoms with van der Waals surface area (Å²) < 4.78 is 20.0. The van der Waals surface area contributed by atoms with Crippen LogP contribution in [-0.2, 0) is 6.42 Å². The smallest absolute Gasteiger partial charge is 0.274 e. The van der Waals surface area contributed by atoms with E-state index in [0.29, 0.717) is 58.5 Å². The molecule has 0 bridgehead atoms. The van der Waals surface area contributed by atoms with Gasteiger partial charge in [0, 0.05) is 42.0 Å². The second-order valence-corrected chi connectivity index (χ2v) is 11.0. The average Bonchev–Trinajstić information content (AvgIpc) is 3.09. The Hall–Kier alpha value is -5.49. The zero-order valence-corrected chi connectivity index (χ0v) is 25.3. The van der Waals surface area contributed by atoms with Crippen molar-refractivity contribution in [3.63, 3.8) is 0 Å². The van der Waals surface area contributed by atoms with Gasteiger partial charge in [0.2, 0.25) is 0 Å². The number of aromatic hydroxyl groups is 1. The highest BCUT2D eigenvalue weighted by atomic mass is 19.1. The molecule has 46 heavy (non-hydrogen) atoms. The van der Waals surface area contributed by atoms with Crippen LogP contribution in [0.25, 0.3) is 22.3 Å². The van der Waals surface area contributed by atoms with Crippen LogP contribution in [0.4, 0.5) is 10.2 Å². The summed E-state index contributed by atoms with van der Waals surface area (Å²) >= 11 is 0. The first-order valence-electron chi connectivity index (χ1n) is 14.9. The third-order valence-corrected chi connectivity index (χ3v) is 8.23. The summed E-state index contributed by atoms with van der Waals surface area (Å²) in [6, 6.07) is 20.7. The minimum atomic E-state index is -0.691. The fourth-order valence-corrected chi connectivity index (χ4v) is 5.77. The standard InChI is InChI=1S/C35H33FN6O4/c1-46-32-11-10-24(18-31(32)43)29-21-40-34(28(20-38)33(29)25-8-9-26(19-37)30(36)17-25)42-15-12-27(13-16-42)39-14-2-3-22-4-6-23(7-5-22)35(44)41-45/h4-11,17-18,21,27,39,43,45H,2-3,12-16H2,1H3,(H,41,44). The second kappa shape index (κ2) is 14.5. The lowest BCUT2D eigenvalue weighted by Crippen LogP contribution is -2.43. The first-order valence-corrected chi connectivity index (χ1v) is 14.9. The van der Waals surface area contributed by atoms with Crippen LogP contribution in [0.5, 0.6) is 11.5 Å². The Balaban J connectivity index is 1.31. The van der Waals surface area contributed by atoms with Gasteiger partial charge in [-0.3, -0.25) is 10.0 Å². The van der Waals surface area contributed by atoms with E-state index >= 15 is 0 Å². The van der Waals surface area contributed by atoms with E-state index in [2.05, 4.69) is 16.3 Å². The van der Waals surface area contributed by atoms with Crippen LogP contribution >= 0.6 is 0 Å². The van der Waals surface area contributed by atoms with Crippen LogP contribution in [0.1, 0.15) is 46.3 Å². The van der Waals surface area contributed by atoms with Crippen molar-refractivity contribution in [1.29, 1.82) is 10.5 Å². The lowest BCUT2D eigenvalue weighted by Gasteiger charge is -2.34. The number of methoxy groups -OCH3 is 1. The third kappa shape index (κ3) is 6.92. The number of hydrogen-bond donors (Lipinski definition) is 4. The summed E-state index contributed by atoms with van der Waals surface area (Å²) in [5.74, 6) is -0.521. The Bertz CT molecular complexity index is 1810. The van der Waals surface area contributed by atoms with Crippen LogP contribution < -0.4 is 20.4 Å². The van der Waals surface area contributed by atoms with Crippen LogP contribution in [0.2, 0.25) is 0 Å². The van der Waals surface area contributed by atoms with Crippen molar-refractivity contribution in [2.45, 2.75) is 31.7 Å². The number of aryl methyl sites for hydroxylation is 1. The Morgan fingerprint density at radius 1 is 1.07 bits per heavy atom. The van der Waals surface area contributed by atoms with E-state index in [9.17, 15) is 24.8 Å². The molecule has 3 aromatic carbocycles. The molecule has 0 radical (unpaired) electrons. The molecular weight excluding hydrogens is 587 g/mol. The molecule has 1 saturated heterocycles. The van der Waals surface area contributed by atoms with E-state index in [-0.39, 0.29) is 16.9 Å². The van der Waals surface area contributed by atoms with Gasteiger partial charge >= 0.3 is 0 Å². The molecule has 0 spiro atoms. The van der Waals surface area contributed by atoms with Crippen molar-refractivity contribution in [2.24, 2.45) is 0 Å². The Labute approximate surface area is 266 Å². The Kier molecular flexibility index (Phi) is 10.1. The minimum absolute atomic E-state index is 0.0842. The molecule has 2 heterocycles. The predicted octanol–water partition coefficient (Wildman–Crippen LogP) is 5.32. The maximum atomic E-state index is 14.8. The molecule has 0 atom stereocenters. The van der Waals surface area contributed by atoms with Crippen LogP contribution in [0.15, 0.2) is 66.9 Å². The van der Waals surface area contributed by atoms with Gasteiger partial charge in [0.15, 0.2) is 11.5 Å². The second-order valence-electron chi connectivity index (χ2n) is 11.0. The normalized spacial score (nSPS) is 13.1. The number of anilines is 1. The van der Waals surface area contributed by atoms with E-state index in [4.69, 9.17) is 14.9 Å². The van der Waals surface area contributed by atoms with Gasteiger partial charge in [-0.1, -0.05) is 24.3 Å². The van der Waals surface area contributed by atoms with E-state index in [1.165, 1.54) is 25.3 Å². The first kappa shape index (κ1) is 31.9. The fourth-order valence-electron chi connectivity index (χ4n) is 5.77. The number of pyridine rings is 1. The highest BCUT2D eigenvalue weighted by Gasteiger charge is 2.26. The number of phenols is 1. The van der Waals surface area contributed by atoms with Crippen LogP contribution in [-0.4, -0.2) is 54.0 Å². The molecule has 234 valence electrons. The van der Waals surface area contributed by atoms with Gasteiger partial charge in [-0.05, 0) is 85.3 Å². The summed E-state index contributed by atoms with van der Waals surface area (Å²) in [7, 11) is 1.45. The Morgan fingerprint density at radius 2 is 1.80 bits per heavy atom. The molecule has 1 aliphatic heterocycles. The van der Waals surface area contributed by atoms with Gasteiger partial charge in [-0.15, -0.1) is 0 Å². The van der Waals surface area contributed by atoms with E-state index in [0.717, 1.165) is 37.8 Å². The number of hydroxylamine groups is 1. The van der Waals surface area contributed by atoms with Crippen LogP contribution in [0.3, 0.4) is 0 Å². The van der Waals surface area contributed by atoms with Crippen molar-refractivity contribution >= 4 is 11.7 Å². The van der Waals surface area contributed by atoms with Crippen LogP contribution in [0, 0.1) is 28.5 Å². The summed E-state index contributed by atoms with van der Waals surface area (Å²) in [5.41, 5.74) is 5.31. The lowest BCUT2D eigenvalue weighted by atomic mass is 9.91. The van der Waals surface area contributed by atoms with Crippen molar-refractivity contribution in [3.05, 3.63) is 94.9 Å². The summed E-state index contributed by atoms with van der Waals surface area (Å²) in [4.78, 5) is 18.3. The number of ether oxygens (including phenoxy) is 1. The van der Waals surface area contributed by atoms with Gasteiger partial charge in [0.1, 0.15) is 29.3 Å². The molecule has 1 fully saturated rings. The van der Waals surface area contributed by atoms with E-state index in [1.807, 2.05) is 18.2 Å². The molecule has 0 saturated carbocycles. The number of carbonyl (C=O) groups excluding carboxylic acids is 1. The maximum Gasteiger partial charge on any atom is 0.274 e.